The van der Waals surface area contributed by atoms with E-state index in [1.807, 2.05) is 6.07 Å². The minimum Gasteiger partial charge on any atom is -0.339 e. The fourth-order valence-corrected chi connectivity index (χ4v) is 3.20. The summed E-state index contributed by atoms with van der Waals surface area (Å²) in [6, 6.07) is 7.14. The van der Waals surface area contributed by atoms with Crippen molar-refractivity contribution in [2.45, 2.75) is 22.6 Å². The van der Waals surface area contributed by atoms with Crippen molar-refractivity contribution in [2.75, 3.05) is 19.4 Å². The van der Waals surface area contributed by atoms with Gasteiger partial charge in [0.2, 0.25) is 5.91 Å². The summed E-state index contributed by atoms with van der Waals surface area (Å²) in [4.78, 5) is 26.3. The van der Waals surface area contributed by atoms with E-state index in [2.05, 4.69) is 5.32 Å². The number of nitrogens with zero attached hydrogens (tertiary/aromatic N) is 1. The fraction of sp³-hybridized carbons (Fsp3) is 0.429. The number of anilines is 1. The van der Waals surface area contributed by atoms with Crippen molar-refractivity contribution >= 4 is 51.8 Å². The number of hydrogen-bond donors (Lipinski definition) is 1. The summed E-state index contributed by atoms with van der Waals surface area (Å²) in [5, 5.41) is 2.70. The number of rotatable bonds is 3. The summed E-state index contributed by atoms with van der Waals surface area (Å²) in [5.74, 6) is -0.238. The maximum absolute atomic E-state index is 12.3. The molecule has 1 saturated carbocycles. The number of carbonyl (C=O) groups excluding carboxylic acids is 2. The van der Waals surface area contributed by atoms with Gasteiger partial charge in [-0.25, -0.2) is 0 Å². The first-order chi connectivity index (χ1) is 9.67. The van der Waals surface area contributed by atoms with Gasteiger partial charge in [0.05, 0.1) is 11.1 Å². The van der Waals surface area contributed by atoms with Crippen LogP contribution in [0.15, 0.2) is 29.2 Å². The number of nitrogens with one attached hydrogen (secondary N) is 1. The first kappa shape index (κ1) is 16.5. The van der Waals surface area contributed by atoms with Crippen LogP contribution in [0, 0.1) is 5.41 Å². The van der Waals surface area contributed by atoms with Gasteiger partial charge in [-0.15, -0.1) is 23.2 Å². The molecule has 0 radical (unpaired) electrons. The van der Waals surface area contributed by atoms with E-state index in [1.165, 1.54) is 4.90 Å². The zero-order chi connectivity index (χ0) is 15.8. The number of benzene rings is 1. The van der Waals surface area contributed by atoms with Gasteiger partial charge >= 0.3 is 0 Å². The standard InChI is InChI=1S/C14H16Cl2N2O2S/c1-13(8-14(13,15)16)11(19)17-9-6-4-5-7-10(9)21-12(20)18(2)3/h4-7H,8H2,1-3H3,(H,17,19)/t13-/m0/s1. The Balaban J connectivity index is 2.14. The van der Waals surface area contributed by atoms with Crippen LogP contribution in [0.2, 0.25) is 0 Å². The summed E-state index contributed by atoms with van der Waals surface area (Å²) in [7, 11) is 3.36. The number of halogens is 2. The molecule has 0 aromatic heterocycles. The molecule has 0 bridgehead atoms. The Kier molecular flexibility index (Phi) is 4.47. The lowest BCUT2D eigenvalue weighted by molar-refractivity contribution is -0.120. The highest BCUT2D eigenvalue weighted by Gasteiger charge is 2.67. The van der Waals surface area contributed by atoms with Gasteiger partial charge in [-0.2, -0.15) is 0 Å². The van der Waals surface area contributed by atoms with Crippen molar-refractivity contribution in [1.82, 2.24) is 4.90 Å². The molecule has 1 atom stereocenters. The van der Waals surface area contributed by atoms with Crippen molar-refractivity contribution in [3.8, 4) is 0 Å². The van der Waals surface area contributed by atoms with E-state index in [9.17, 15) is 9.59 Å². The van der Waals surface area contributed by atoms with Crippen molar-refractivity contribution < 1.29 is 9.59 Å². The largest absolute Gasteiger partial charge is 0.339 e. The van der Waals surface area contributed by atoms with Gasteiger partial charge in [0.15, 0.2) is 0 Å². The predicted octanol–water partition coefficient (Wildman–Crippen LogP) is 3.98. The van der Waals surface area contributed by atoms with Gasteiger partial charge in [0.25, 0.3) is 5.24 Å². The molecule has 2 rings (SSSR count). The van der Waals surface area contributed by atoms with E-state index in [1.54, 1.807) is 39.2 Å². The maximum atomic E-state index is 12.3. The van der Waals surface area contributed by atoms with Crippen LogP contribution in [0.25, 0.3) is 0 Å². The highest BCUT2D eigenvalue weighted by Crippen LogP contribution is 2.64. The first-order valence-electron chi connectivity index (χ1n) is 6.35. The molecule has 0 unspecified atom stereocenters. The summed E-state index contributed by atoms with van der Waals surface area (Å²) >= 11 is 13.1. The maximum Gasteiger partial charge on any atom is 0.286 e. The van der Waals surface area contributed by atoms with Gasteiger partial charge in [0, 0.05) is 19.0 Å². The van der Waals surface area contributed by atoms with Crippen molar-refractivity contribution in [3.05, 3.63) is 24.3 Å². The van der Waals surface area contributed by atoms with Gasteiger partial charge < -0.3 is 10.2 Å². The zero-order valence-electron chi connectivity index (χ0n) is 11.9. The molecule has 21 heavy (non-hydrogen) atoms. The Hall–Kier alpha value is -0.910. The van der Waals surface area contributed by atoms with E-state index >= 15 is 0 Å². The third kappa shape index (κ3) is 3.30. The molecule has 1 aromatic carbocycles. The van der Waals surface area contributed by atoms with Crippen molar-refractivity contribution in [2.24, 2.45) is 5.41 Å². The number of alkyl halides is 2. The third-order valence-electron chi connectivity index (χ3n) is 3.46. The molecule has 2 amide bonds. The van der Waals surface area contributed by atoms with E-state index in [4.69, 9.17) is 23.2 Å². The first-order valence-corrected chi connectivity index (χ1v) is 7.92. The molecule has 1 fully saturated rings. The number of carbonyl (C=O) groups is 2. The second-order valence-electron chi connectivity index (χ2n) is 5.43. The highest BCUT2D eigenvalue weighted by atomic mass is 35.5. The lowest BCUT2D eigenvalue weighted by Crippen LogP contribution is -2.26. The van der Waals surface area contributed by atoms with Crippen LogP contribution < -0.4 is 5.32 Å². The summed E-state index contributed by atoms with van der Waals surface area (Å²) in [5.41, 5.74) is -0.209. The second-order valence-corrected chi connectivity index (χ2v) is 7.90. The van der Waals surface area contributed by atoms with E-state index in [0.717, 1.165) is 11.8 Å². The van der Waals surface area contributed by atoms with Gasteiger partial charge in [-0.3, -0.25) is 9.59 Å². The van der Waals surface area contributed by atoms with Crippen LogP contribution in [-0.4, -0.2) is 34.5 Å². The molecular weight excluding hydrogens is 331 g/mol. The van der Waals surface area contributed by atoms with Crippen LogP contribution in [0.1, 0.15) is 13.3 Å². The molecule has 1 aromatic rings. The zero-order valence-corrected chi connectivity index (χ0v) is 14.3. The Morgan fingerprint density at radius 3 is 2.38 bits per heavy atom. The summed E-state index contributed by atoms with van der Waals surface area (Å²) < 4.78 is -1.02. The highest BCUT2D eigenvalue weighted by molar-refractivity contribution is 8.13. The van der Waals surface area contributed by atoms with Crippen LogP contribution in [0.5, 0.6) is 0 Å². The number of hydrogen-bond acceptors (Lipinski definition) is 3. The fourth-order valence-electron chi connectivity index (χ4n) is 1.75. The van der Waals surface area contributed by atoms with E-state index < -0.39 is 9.75 Å². The topological polar surface area (TPSA) is 49.4 Å². The van der Waals surface area contributed by atoms with Crippen LogP contribution in [-0.2, 0) is 4.79 Å². The Morgan fingerprint density at radius 2 is 1.86 bits per heavy atom. The Labute approximate surface area is 138 Å². The molecule has 1 aliphatic carbocycles. The number of amides is 2. The molecule has 1 aliphatic rings. The van der Waals surface area contributed by atoms with Crippen molar-refractivity contribution in [3.63, 3.8) is 0 Å². The number of para-hydroxylation sites is 1. The summed E-state index contributed by atoms with van der Waals surface area (Å²) in [6.07, 6.45) is 0.418. The minimum absolute atomic E-state index is 0.113. The molecule has 0 saturated heterocycles. The molecule has 4 nitrogen and oxygen atoms in total. The predicted molar refractivity (Wildman–Crippen MR) is 87.2 cm³/mol. The molecule has 0 heterocycles. The lowest BCUT2D eigenvalue weighted by Gasteiger charge is -2.16. The minimum atomic E-state index is -1.02. The van der Waals surface area contributed by atoms with Gasteiger partial charge in [-0.05, 0) is 37.2 Å². The Morgan fingerprint density at radius 1 is 1.29 bits per heavy atom. The van der Waals surface area contributed by atoms with Gasteiger partial charge in [0.1, 0.15) is 4.33 Å². The summed E-state index contributed by atoms with van der Waals surface area (Å²) in [6.45, 7) is 1.73. The van der Waals surface area contributed by atoms with Crippen molar-refractivity contribution in [1.29, 1.82) is 0 Å². The molecule has 7 heteroatoms. The smallest absolute Gasteiger partial charge is 0.286 e. The van der Waals surface area contributed by atoms with Crippen LogP contribution >= 0.6 is 35.0 Å². The number of thioether (sulfide) groups is 1. The molecule has 1 N–H and O–H groups in total. The van der Waals surface area contributed by atoms with Gasteiger partial charge in [-0.1, -0.05) is 12.1 Å². The molecule has 0 aliphatic heterocycles. The van der Waals surface area contributed by atoms with Crippen LogP contribution in [0.3, 0.4) is 0 Å². The Bertz CT molecular complexity index is 592. The average Bonchev–Trinajstić information content (AvgIpc) is 2.92. The molecule has 114 valence electrons. The SMILES string of the molecule is CN(C)C(=O)Sc1ccccc1NC(=O)[C@]1(C)CC1(Cl)Cl. The quantitative estimate of drug-likeness (QED) is 0.665. The average molecular weight is 347 g/mol. The van der Waals surface area contributed by atoms with Crippen LogP contribution in [0.4, 0.5) is 10.5 Å². The normalized spacial score (nSPS) is 22.5. The lowest BCUT2D eigenvalue weighted by atomic mass is 10.1. The third-order valence-corrected chi connectivity index (χ3v) is 5.67. The monoisotopic (exact) mass is 346 g/mol. The molecule has 0 spiro atoms. The van der Waals surface area contributed by atoms with E-state index in [0.29, 0.717) is 17.0 Å². The van der Waals surface area contributed by atoms with E-state index in [-0.39, 0.29) is 11.1 Å². The second kappa shape index (κ2) is 5.71. The molecular formula is C14H16Cl2N2O2S.